The van der Waals surface area contributed by atoms with Crippen molar-refractivity contribution in [1.29, 1.82) is 0 Å². The second-order valence-corrected chi connectivity index (χ2v) is 5.07. The molecule has 0 aromatic heterocycles. The number of ether oxygens (including phenoxy) is 2. The maximum atomic E-state index is 11.5. The number of hydrogen-bond donors (Lipinski definition) is 0. The third-order valence-electron chi connectivity index (χ3n) is 1.91. The number of carbonyl (C=O) groups excluding carboxylic acids is 1. The van der Waals surface area contributed by atoms with Crippen LogP contribution in [0.25, 0.3) is 0 Å². The van der Waals surface area contributed by atoms with E-state index in [1.165, 1.54) is 0 Å². The smallest absolute Gasteiger partial charge is 0.410 e. The van der Waals surface area contributed by atoms with Gasteiger partial charge in [0, 0.05) is 7.05 Å². The molecule has 0 spiro atoms. The van der Waals surface area contributed by atoms with Crippen molar-refractivity contribution in [2.45, 2.75) is 38.9 Å². The maximum absolute atomic E-state index is 11.5. The van der Waals surface area contributed by atoms with Gasteiger partial charge in [-0.25, -0.2) is 4.79 Å². The fourth-order valence-corrected chi connectivity index (χ4v) is 1.12. The van der Waals surface area contributed by atoms with Crippen molar-refractivity contribution in [3.05, 3.63) is 0 Å². The molecule has 1 aliphatic rings. The Balaban J connectivity index is 2.37. The first-order chi connectivity index (χ1) is 6.22. The van der Waals surface area contributed by atoms with Crippen LogP contribution in [0.5, 0.6) is 0 Å². The third kappa shape index (κ3) is 3.54. The van der Waals surface area contributed by atoms with Crippen LogP contribution >= 0.6 is 0 Å². The first-order valence-electron chi connectivity index (χ1n) is 4.80. The second-order valence-electron chi connectivity index (χ2n) is 5.07. The van der Waals surface area contributed by atoms with Crippen molar-refractivity contribution in [3.8, 4) is 0 Å². The van der Waals surface area contributed by atoms with E-state index in [0.717, 1.165) is 6.61 Å². The zero-order chi connectivity index (χ0) is 11.0. The van der Waals surface area contributed by atoms with E-state index in [-0.39, 0.29) is 11.7 Å². The van der Waals surface area contributed by atoms with E-state index in [9.17, 15) is 4.79 Å². The first kappa shape index (κ1) is 11.3. The molecule has 0 aromatic rings. The van der Waals surface area contributed by atoms with Crippen molar-refractivity contribution in [1.82, 2.24) is 4.90 Å². The van der Waals surface area contributed by atoms with Crippen molar-refractivity contribution in [3.63, 3.8) is 0 Å². The van der Waals surface area contributed by atoms with Crippen LogP contribution in [0.4, 0.5) is 4.79 Å². The number of rotatable bonds is 2. The summed E-state index contributed by atoms with van der Waals surface area (Å²) >= 11 is 0. The Morgan fingerprint density at radius 2 is 2.07 bits per heavy atom. The molecular formula is C10H19NO3. The second kappa shape index (κ2) is 3.42. The van der Waals surface area contributed by atoms with Crippen LogP contribution < -0.4 is 0 Å². The SMILES string of the molecule is CN(C[C@@]1(C)CO1)C(=O)OC(C)(C)C. The number of nitrogens with zero attached hydrogens (tertiary/aromatic N) is 1. The van der Waals surface area contributed by atoms with Gasteiger partial charge in [-0.05, 0) is 27.7 Å². The third-order valence-corrected chi connectivity index (χ3v) is 1.91. The molecule has 0 N–H and O–H groups in total. The van der Waals surface area contributed by atoms with Crippen LogP contribution in [0.1, 0.15) is 27.7 Å². The Hall–Kier alpha value is -0.770. The highest BCUT2D eigenvalue weighted by molar-refractivity contribution is 5.67. The van der Waals surface area contributed by atoms with Crippen molar-refractivity contribution in [2.24, 2.45) is 0 Å². The summed E-state index contributed by atoms with van der Waals surface area (Å²) < 4.78 is 10.4. The molecule has 1 aliphatic heterocycles. The molecule has 1 amide bonds. The van der Waals surface area contributed by atoms with Crippen molar-refractivity contribution >= 4 is 6.09 Å². The van der Waals surface area contributed by atoms with Crippen molar-refractivity contribution in [2.75, 3.05) is 20.2 Å². The predicted octanol–water partition coefficient (Wildman–Crippen LogP) is 1.64. The lowest BCUT2D eigenvalue weighted by atomic mass is 10.2. The van der Waals surface area contributed by atoms with E-state index in [0.29, 0.717) is 6.54 Å². The van der Waals surface area contributed by atoms with Crippen molar-refractivity contribution < 1.29 is 14.3 Å². The Bertz CT molecular complexity index is 228. The van der Waals surface area contributed by atoms with Gasteiger partial charge < -0.3 is 14.4 Å². The lowest BCUT2D eigenvalue weighted by molar-refractivity contribution is 0.0262. The highest BCUT2D eigenvalue weighted by Gasteiger charge is 2.41. The molecule has 82 valence electrons. The molecule has 4 heteroatoms. The number of carbonyl (C=O) groups is 1. The van der Waals surface area contributed by atoms with Crippen LogP contribution in [0, 0.1) is 0 Å². The number of hydrogen-bond acceptors (Lipinski definition) is 3. The minimum Gasteiger partial charge on any atom is -0.444 e. The summed E-state index contributed by atoms with van der Waals surface area (Å²) in [4.78, 5) is 13.1. The summed E-state index contributed by atoms with van der Waals surface area (Å²) in [5, 5.41) is 0. The topological polar surface area (TPSA) is 42.1 Å². The van der Waals surface area contributed by atoms with E-state index in [4.69, 9.17) is 9.47 Å². The number of likely N-dealkylation sites (N-methyl/N-ethyl adjacent to an activating group) is 1. The number of epoxide rings is 1. The summed E-state index contributed by atoms with van der Waals surface area (Å²) in [7, 11) is 1.72. The molecule has 1 rings (SSSR count). The summed E-state index contributed by atoms with van der Waals surface area (Å²) in [5.41, 5.74) is -0.581. The zero-order valence-electron chi connectivity index (χ0n) is 9.59. The zero-order valence-corrected chi connectivity index (χ0v) is 9.59. The maximum Gasteiger partial charge on any atom is 0.410 e. The molecule has 1 heterocycles. The molecule has 1 fully saturated rings. The van der Waals surface area contributed by atoms with Gasteiger partial charge in [-0.15, -0.1) is 0 Å². The molecule has 0 bridgehead atoms. The quantitative estimate of drug-likeness (QED) is 0.638. The van der Waals surface area contributed by atoms with Crippen LogP contribution in [-0.4, -0.2) is 42.4 Å². The van der Waals surface area contributed by atoms with Gasteiger partial charge in [0.05, 0.1) is 13.2 Å². The van der Waals surface area contributed by atoms with Gasteiger partial charge in [0.1, 0.15) is 11.2 Å². The summed E-state index contributed by atoms with van der Waals surface area (Å²) in [6.45, 7) is 8.85. The van der Waals surface area contributed by atoms with E-state index >= 15 is 0 Å². The molecule has 4 nitrogen and oxygen atoms in total. The van der Waals surface area contributed by atoms with Gasteiger partial charge in [-0.3, -0.25) is 0 Å². The Morgan fingerprint density at radius 3 is 2.43 bits per heavy atom. The Labute approximate surface area is 85.2 Å². The molecule has 0 saturated carbocycles. The molecular weight excluding hydrogens is 182 g/mol. The average Bonchev–Trinajstić information content (AvgIpc) is 2.63. The normalized spacial score (nSPS) is 25.8. The largest absolute Gasteiger partial charge is 0.444 e. The van der Waals surface area contributed by atoms with Gasteiger partial charge in [0.15, 0.2) is 0 Å². The molecule has 0 radical (unpaired) electrons. The van der Waals surface area contributed by atoms with Crippen LogP contribution in [-0.2, 0) is 9.47 Å². The standard InChI is InChI=1S/C10H19NO3/c1-9(2,3)14-8(12)11(5)6-10(4)7-13-10/h6-7H2,1-5H3/t10-/m0/s1. The molecule has 1 atom stereocenters. The summed E-state index contributed by atoms with van der Waals surface area (Å²) in [5.74, 6) is 0. The fraction of sp³-hybridized carbons (Fsp3) is 0.900. The Kier molecular flexibility index (Phi) is 2.76. The van der Waals surface area contributed by atoms with Gasteiger partial charge in [-0.2, -0.15) is 0 Å². The summed E-state index contributed by atoms with van der Waals surface area (Å²) in [6.07, 6.45) is -0.297. The number of amides is 1. The van der Waals surface area contributed by atoms with Crippen LogP contribution in [0.15, 0.2) is 0 Å². The highest BCUT2D eigenvalue weighted by Crippen LogP contribution is 2.26. The van der Waals surface area contributed by atoms with Crippen LogP contribution in [0.2, 0.25) is 0 Å². The van der Waals surface area contributed by atoms with Crippen LogP contribution in [0.3, 0.4) is 0 Å². The lowest BCUT2D eigenvalue weighted by Gasteiger charge is -2.25. The van der Waals surface area contributed by atoms with E-state index in [1.807, 2.05) is 27.7 Å². The van der Waals surface area contributed by atoms with Gasteiger partial charge in [0.25, 0.3) is 0 Å². The predicted molar refractivity (Wildman–Crippen MR) is 53.2 cm³/mol. The Morgan fingerprint density at radius 1 is 1.57 bits per heavy atom. The molecule has 1 saturated heterocycles. The monoisotopic (exact) mass is 201 g/mol. The highest BCUT2D eigenvalue weighted by atomic mass is 16.6. The van der Waals surface area contributed by atoms with Gasteiger partial charge in [-0.1, -0.05) is 0 Å². The van der Waals surface area contributed by atoms with Gasteiger partial charge >= 0.3 is 6.09 Å². The fourth-order valence-electron chi connectivity index (χ4n) is 1.12. The van der Waals surface area contributed by atoms with E-state index in [1.54, 1.807) is 11.9 Å². The average molecular weight is 201 g/mol. The minimum absolute atomic E-state index is 0.147. The van der Waals surface area contributed by atoms with E-state index in [2.05, 4.69) is 0 Å². The minimum atomic E-state index is -0.434. The molecule has 14 heavy (non-hydrogen) atoms. The molecule has 0 aromatic carbocycles. The molecule has 0 unspecified atom stereocenters. The lowest BCUT2D eigenvalue weighted by Crippen LogP contribution is -2.38. The van der Waals surface area contributed by atoms with Gasteiger partial charge in [0.2, 0.25) is 0 Å². The van der Waals surface area contributed by atoms with E-state index < -0.39 is 5.60 Å². The first-order valence-corrected chi connectivity index (χ1v) is 4.80. The summed E-state index contributed by atoms with van der Waals surface area (Å²) in [6, 6.07) is 0. The molecule has 0 aliphatic carbocycles.